The Balaban J connectivity index is 2.89. The third kappa shape index (κ3) is 3.89. The summed E-state index contributed by atoms with van der Waals surface area (Å²) in [5, 5.41) is 3.37. The van der Waals surface area contributed by atoms with Crippen LogP contribution in [0.15, 0.2) is 18.3 Å². The zero-order valence-corrected chi connectivity index (χ0v) is 11.2. The van der Waals surface area contributed by atoms with Gasteiger partial charge in [0.05, 0.1) is 6.10 Å². The Hall–Kier alpha value is -1.29. The normalized spacial score (nSPS) is 14.5. The number of nitrogens with zero attached hydrogens (tertiary/aromatic N) is 1. The van der Waals surface area contributed by atoms with E-state index in [1.807, 2.05) is 26.0 Å². The van der Waals surface area contributed by atoms with Crippen molar-refractivity contribution < 1.29 is 4.74 Å². The molecule has 1 aromatic rings. The molecule has 0 bridgehead atoms. The molecule has 96 valence electrons. The van der Waals surface area contributed by atoms with Gasteiger partial charge in [0, 0.05) is 18.3 Å². The fourth-order valence-electron chi connectivity index (χ4n) is 1.40. The molecule has 0 aliphatic rings. The van der Waals surface area contributed by atoms with Crippen LogP contribution in [-0.4, -0.2) is 23.2 Å². The first-order valence-corrected chi connectivity index (χ1v) is 6.10. The molecule has 0 fully saturated rings. The molecule has 0 aliphatic carbocycles. The molecule has 1 aromatic heterocycles. The van der Waals surface area contributed by atoms with Crippen molar-refractivity contribution in [1.29, 1.82) is 0 Å². The summed E-state index contributed by atoms with van der Waals surface area (Å²) >= 11 is 0. The van der Waals surface area contributed by atoms with E-state index in [0.29, 0.717) is 6.54 Å². The van der Waals surface area contributed by atoms with Crippen LogP contribution in [0.25, 0.3) is 0 Å². The van der Waals surface area contributed by atoms with Crippen LogP contribution >= 0.6 is 0 Å². The minimum absolute atomic E-state index is 0.130. The molecule has 0 saturated carbocycles. The Bertz CT molecular complexity index is 348. The minimum atomic E-state index is -0.149. The lowest BCUT2D eigenvalue weighted by Crippen LogP contribution is -2.42. The Morgan fingerprint density at radius 1 is 1.53 bits per heavy atom. The van der Waals surface area contributed by atoms with Crippen LogP contribution in [-0.2, 0) is 0 Å². The van der Waals surface area contributed by atoms with Crippen LogP contribution in [0.2, 0.25) is 0 Å². The SMILES string of the molecule is CCC(C)(CN)Nc1ncccc1OC(C)C. The highest BCUT2D eigenvalue weighted by molar-refractivity contribution is 5.51. The van der Waals surface area contributed by atoms with Crippen LogP contribution in [0.3, 0.4) is 0 Å². The Morgan fingerprint density at radius 3 is 2.76 bits per heavy atom. The zero-order valence-electron chi connectivity index (χ0n) is 11.2. The van der Waals surface area contributed by atoms with E-state index >= 15 is 0 Å². The van der Waals surface area contributed by atoms with Crippen LogP contribution in [0.4, 0.5) is 5.82 Å². The van der Waals surface area contributed by atoms with Crippen molar-refractivity contribution in [2.45, 2.75) is 45.8 Å². The maximum atomic E-state index is 5.79. The molecule has 4 heteroatoms. The number of rotatable bonds is 6. The number of hydrogen-bond donors (Lipinski definition) is 2. The first kappa shape index (κ1) is 13.8. The highest BCUT2D eigenvalue weighted by Crippen LogP contribution is 2.26. The maximum absolute atomic E-state index is 5.79. The summed E-state index contributed by atoms with van der Waals surface area (Å²) in [6.07, 6.45) is 2.81. The van der Waals surface area contributed by atoms with Crippen LogP contribution in [0.1, 0.15) is 34.1 Å². The summed E-state index contributed by atoms with van der Waals surface area (Å²) in [5.41, 5.74) is 5.64. The van der Waals surface area contributed by atoms with Gasteiger partial charge in [0.2, 0.25) is 0 Å². The number of ether oxygens (including phenoxy) is 1. The number of hydrogen-bond acceptors (Lipinski definition) is 4. The number of anilines is 1. The Morgan fingerprint density at radius 2 is 2.24 bits per heavy atom. The highest BCUT2D eigenvalue weighted by atomic mass is 16.5. The van der Waals surface area contributed by atoms with E-state index in [0.717, 1.165) is 18.0 Å². The van der Waals surface area contributed by atoms with E-state index < -0.39 is 0 Å². The van der Waals surface area contributed by atoms with E-state index in [9.17, 15) is 0 Å². The van der Waals surface area contributed by atoms with Crippen molar-refractivity contribution in [3.05, 3.63) is 18.3 Å². The van der Waals surface area contributed by atoms with Gasteiger partial charge >= 0.3 is 0 Å². The summed E-state index contributed by atoms with van der Waals surface area (Å²) in [7, 11) is 0. The first-order valence-electron chi connectivity index (χ1n) is 6.10. The van der Waals surface area contributed by atoms with E-state index in [-0.39, 0.29) is 11.6 Å². The van der Waals surface area contributed by atoms with Gasteiger partial charge < -0.3 is 15.8 Å². The molecule has 4 nitrogen and oxygen atoms in total. The smallest absolute Gasteiger partial charge is 0.169 e. The van der Waals surface area contributed by atoms with Gasteiger partial charge in [-0.2, -0.15) is 0 Å². The molecular weight excluding hydrogens is 214 g/mol. The average Bonchev–Trinajstić information content (AvgIpc) is 2.31. The van der Waals surface area contributed by atoms with Crippen molar-refractivity contribution in [3.8, 4) is 5.75 Å². The largest absolute Gasteiger partial charge is 0.487 e. The van der Waals surface area contributed by atoms with Gasteiger partial charge in [-0.05, 0) is 39.3 Å². The molecule has 0 amide bonds. The summed E-state index contributed by atoms with van der Waals surface area (Å²) in [5.74, 6) is 1.53. The number of nitrogens with one attached hydrogen (secondary N) is 1. The van der Waals surface area contributed by atoms with E-state index in [1.165, 1.54) is 0 Å². The number of pyridine rings is 1. The Kier molecular flexibility index (Phi) is 4.75. The fourth-order valence-corrected chi connectivity index (χ4v) is 1.40. The monoisotopic (exact) mass is 237 g/mol. The molecule has 1 unspecified atom stereocenters. The molecule has 0 spiro atoms. The predicted octanol–water partition coefficient (Wildman–Crippen LogP) is 2.41. The summed E-state index contributed by atoms with van der Waals surface area (Å²) in [4.78, 5) is 4.32. The minimum Gasteiger partial charge on any atom is -0.487 e. The van der Waals surface area contributed by atoms with Gasteiger partial charge in [0.1, 0.15) is 0 Å². The van der Waals surface area contributed by atoms with Crippen molar-refractivity contribution >= 4 is 5.82 Å². The van der Waals surface area contributed by atoms with Crippen molar-refractivity contribution in [2.75, 3.05) is 11.9 Å². The second-order valence-electron chi connectivity index (χ2n) is 4.76. The third-order valence-electron chi connectivity index (χ3n) is 2.78. The molecule has 0 aliphatic heterocycles. The van der Waals surface area contributed by atoms with Gasteiger partial charge in [0.25, 0.3) is 0 Å². The number of aromatic nitrogens is 1. The van der Waals surface area contributed by atoms with Crippen LogP contribution < -0.4 is 15.8 Å². The first-order chi connectivity index (χ1) is 8.00. The lowest BCUT2D eigenvalue weighted by atomic mass is 9.99. The van der Waals surface area contributed by atoms with Gasteiger partial charge in [-0.1, -0.05) is 6.92 Å². The quantitative estimate of drug-likeness (QED) is 0.797. The van der Waals surface area contributed by atoms with Crippen molar-refractivity contribution in [2.24, 2.45) is 5.73 Å². The van der Waals surface area contributed by atoms with Gasteiger partial charge in [-0.25, -0.2) is 4.98 Å². The molecule has 3 N–H and O–H groups in total. The molecule has 0 radical (unpaired) electrons. The van der Waals surface area contributed by atoms with E-state index in [2.05, 4.69) is 24.1 Å². The molecule has 17 heavy (non-hydrogen) atoms. The summed E-state index contributed by atoms with van der Waals surface area (Å²) in [6.45, 7) is 8.74. The van der Waals surface area contributed by atoms with Gasteiger partial charge in [0.15, 0.2) is 11.6 Å². The molecule has 1 heterocycles. The average molecular weight is 237 g/mol. The van der Waals surface area contributed by atoms with Crippen LogP contribution in [0, 0.1) is 0 Å². The topological polar surface area (TPSA) is 60.2 Å². The van der Waals surface area contributed by atoms with Crippen molar-refractivity contribution in [3.63, 3.8) is 0 Å². The lowest BCUT2D eigenvalue weighted by molar-refractivity contribution is 0.242. The van der Waals surface area contributed by atoms with Crippen LogP contribution in [0.5, 0.6) is 5.75 Å². The molecule has 1 rings (SSSR count). The van der Waals surface area contributed by atoms with Gasteiger partial charge in [-0.3, -0.25) is 0 Å². The zero-order chi connectivity index (χ0) is 12.9. The summed E-state index contributed by atoms with van der Waals surface area (Å²) < 4.78 is 5.71. The second-order valence-corrected chi connectivity index (χ2v) is 4.76. The standard InChI is InChI=1S/C13H23N3O/c1-5-13(4,9-14)16-12-11(17-10(2)3)7-6-8-15-12/h6-8,10H,5,9,14H2,1-4H3,(H,15,16). The predicted molar refractivity (Wildman–Crippen MR) is 71.4 cm³/mol. The molecule has 1 atom stereocenters. The molecule has 0 saturated heterocycles. The van der Waals surface area contributed by atoms with E-state index in [4.69, 9.17) is 10.5 Å². The van der Waals surface area contributed by atoms with E-state index in [1.54, 1.807) is 6.20 Å². The lowest BCUT2D eigenvalue weighted by Gasteiger charge is -2.29. The molecular formula is C13H23N3O. The maximum Gasteiger partial charge on any atom is 0.169 e. The van der Waals surface area contributed by atoms with Crippen molar-refractivity contribution in [1.82, 2.24) is 4.98 Å². The highest BCUT2D eigenvalue weighted by Gasteiger charge is 2.21. The Labute approximate surface area is 104 Å². The molecule has 0 aromatic carbocycles. The second kappa shape index (κ2) is 5.87. The van der Waals surface area contributed by atoms with Gasteiger partial charge in [-0.15, -0.1) is 0 Å². The fraction of sp³-hybridized carbons (Fsp3) is 0.615. The summed E-state index contributed by atoms with van der Waals surface area (Å²) in [6, 6.07) is 3.79. The third-order valence-corrected chi connectivity index (χ3v) is 2.78. The number of nitrogens with two attached hydrogens (primary N) is 1.